The lowest BCUT2D eigenvalue weighted by Crippen LogP contribution is -2.36. The zero-order valence-electron chi connectivity index (χ0n) is 12.9. The number of likely N-dealkylation sites (tertiary alicyclic amines) is 2. The van der Waals surface area contributed by atoms with Crippen LogP contribution in [0.5, 0.6) is 0 Å². The Bertz CT molecular complexity index is 676. The van der Waals surface area contributed by atoms with Crippen LogP contribution < -0.4 is 0 Å². The molecule has 2 aromatic heterocycles. The molecule has 2 aromatic rings. The van der Waals surface area contributed by atoms with E-state index in [1.165, 1.54) is 24.8 Å². The topological polar surface area (TPSA) is 92.2 Å². The number of amides is 2. The molecular weight excluding hydrogens is 308 g/mol. The molecule has 0 spiro atoms. The van der Waals surface area contributed by atoms with Gasteiger partial charge in [0.05, 0.1) is 12.4 Å². The molecule has 0 saturated carbocycles. The molecule has 0 atom stereocenters. The highest BCUT2D eigenvalue weighted by atomic mass is 16.2. The van der Waals surface area contributed by atoms with Crippen molar-refractivity contribution in [1.82, 2.24) is 29.7 Å². The molecule has 122 valence electrons. The van der Waals surface area contributed by atoms with Gasteiger partial charge in [-0.2, -0.15) is 0 Å². The first kappa shape index (κ1) is 14.7. The lowest BCUT2D eigenvalue weighted by Gasteiger charge is -2.21. The van der Waals surface area contributed by atoms with Gasteiger partial charge in [0.15, 0.2) is 0 Å². The van der Waals surface area contributed by atoms with Crippen molar-refractivity contribution in [3.8, 4) is 0 Å². The van der Waals surface area contributed by atoms with Gasteiger partial charge in [-0.15, -0.1) is 0 Å². The van der Waals surface area contributed by atoms with E-state index in [-0.39, 0.29) is 11.8 Å². The minimum Gasteiger partial charge on any atom is -0.337 e. The lowest BCUT2D eigenvalue weighted by atomic mass is 10.0. The first-order valence-electron chi connectivity index (χ1n) is 7.83. The predicted octanol–water partition coefficient (Wildman–Crippen LogP) is 0.111. The Morgan fingerprint density at radius 1 is 0.750 bits per heavy atom. The SMILES string of the molecule is O=C(c1cnccn1)N1CC2CN(C(=O)c3cnccn3)CC2C1. The zero-order valence-corrected chi connectivity index (χ0v) is 12.9. The van der Waals surface area contributed by atoms with Crippen LogP contribution >= 0.6 is 0 Å². The third-order valence-corrected chi connectivity index (χ3v) is 4.63. The number of carbonyl (C=O) groups excluding carboxylic acids is 2. The third kappa shape index (κ3) is 2.60. The van der Waals surface area contributed by atoms with E-state index < -0.39 is 0 Å². The molecule has 2 aliphatic heterocycles. The van der Waals surface area contributed by atoms with Crippen molar-refractivity contribution in [2.24, 2.45) is 11.8 Å². The van der Waals surface area contributed by atoms with Gasteiger partial charge >= 0.3 is 0 Å². The van der Waals surface area contributed by atoms with Gasteiger partial charge in [0.25, 0.3) is 11.8 Å². The fourth-order valence-corrected chi connectivity index (χ4v) is 3.47. The Hall–Kier alpha value is -2.90. The second-order valence-corrected chi connectivity index (χ2v) is 6.12. The molecule has 0 radical (unpaired) electrons. The summed E-state index contributed by atoms with van der Waals surface area (Å²) in [7, 11) is 0. The summed E-state index contributed by atoms with van der Waals surface area (Å²) < 4.78 is 0. The standard InChI is InChI=1S/C16H16N6O2/c23-15(13-5-17-1-3-19-13)21-7-11-9-22(10-12(11)8-21)16(24)14-6-18-2-4-20-14/h1-6,11-12H,7-10H2. The molecule has 0 aliphatic carbocycles. The summed E-state index contributed by atoms with van der Waals surface area (Å²) in [4.78, 5) is 44.5. The zero-order chi connectivity index (χ0) is 16.5. The van der Waals surface area contributed by atoms with Crippen molar-refractivity contribution in [3.05, 3.63) is 48.6 Å². The van der Waals surface area contributed by atoms with E-state index in [0.29, 0.717) is 49.4 Å². The Kier molecular flexibility index (Phi) is 3.64. The largest absolute Gasteiger partial charge is 0.337 e. The molecule has 0 bridgehead atoms. The maximum Gasteiger partial charge on any atom is 0.274 e. The van der Waals surface area contributed by atoms with Crippen LogP contribution in [0.15, 0.2) is 37.2 Å². The summed E-state index contributed by atoms with van der Waals surface area (Å²) >= 11 is 0. The van der Waals surface area contributed by atoms with E-state index in [0.717, 1.165) is 0 Å². The number of hydrogen-bond donors (Lipinski definition) is 0. The molecule has 2 fully saturated rings. The highest BCUT2D eigenvalue weighted by molar-refractivity contribution is 5.93. The highest BCUT2D eigenvalue weighted by Gasteiger charge is 2.43. The summed E-state index contributed by atoms with van der Waals surface area (Å²) in [5.41, 5.74) is 0.731. The average Bonchev–Trinajstić information content (AvgIpc) is 3.21. The molecule has 4 heterocycles. The van der Waals surface area contributed by atoms with Crippen LogP contribution in [-0.2, 0) is 0 Å². The summed E-state index contributed by atoms with van der Waals surface area (Å²) in [6.07, 6.45) is 9.11. The quantitative estimate of drug-likeness (QED) is 0.778. The van der Waals surface area contributed by atoms with Crippen LogP contribution in [0, 0.1) is 11.8 Å². The van der Waals surface area contributed by atoms with Crippen LogP contribution in [0.4, 0.5) is 0 Å². The third-order valence-electron chi connectivity index (χ3n) is 4.63. The molecule has 8 heteroatoms. The van der Waals surface area contributed by atoms with Gasteiger partial charge in [-0.25, -0.2) is 9.97 Å². The minimum atomic E-state index is -0.0932. The van der Waals surface area contributed by atoms with Gasteiger partial charge in [-0.05, 0) is 0 Å². The molecule has 0 unspecified atom stereocenters. The summed E-state index contributed by atoms with van der Waals surface area (Å²) in [5, 5.41) is 0. The predicted molar refractivity (Wildman–Crippen MR) is 82.9 cm³/mol. The van der Waals surface area contributed by atoms with Crippen molar-refractivity contribution in [3.63, 3.8) is 0 Å². The Morgan fingerprint density at radius 2 is 1.17 bits per heavy atom. The van der Waals surface area contributed by atoms with Crippen molar-refractivity contribution in [2.45, 2.75) is 0 Å². The van der Waals surface area contributed by atoms with Gasteiger partial charge in [-0.3, -0.25) is 19.6 Å². The normalized spacial score (nSPS) is 22.5. The van der Waals surface area contributed by atoms with E-state index in [1.807, 2.05) is 9.80 Å². The number of fused-ring (bicyclic) bond motifs is 1. The fraction of sp³-hybridized carbons (Fsp3) is 0.375. The number of aromatic nitrogens is 4. The van der Waals surface area contributed by atoms with E-state index in [9.17, 15) is 9.59 Å². The lowest BCUT2D eigenvalue weighted by molar-refractivity contribution is 0.0732. The van der Waals surface area contributed by atoms with E-state index in [2.05, 4.69) is 19.9 Å². The Balaban J connectivity index is 1.40. The smallest absolute Gasteiger partial charge is 0.274 e. The van der Waals surface area contributed by atoms with Gasteiger partial charge in [-0.1, -0.05) is 0 Å². The summed E-state index contributed by atoms with van der Waals surface area (Å²) in [6.45, 7) is 2.57. The maximum absolute atomic E-state index is 12.4. The van der Waals surface area contributed by atoms with Crippen molar-refractivity contribution >= 4 is 11.8 Å². The highest BCUT2D eigenvalue weighted by Crippen LogP contribution is 2.32. The number of carbonyl (C=O) groups is 2. The maximum atomic E-state index is 12.4. The molecule has 4 rings (SSSR count). The second-order valence-electron chi connectivity index (χ2n) is 6.12. The van der Waals surface area contributed by atoms with Crippen molar-refractivity contribution < 1.29 is 9.59 Å². The molecule has 24 heavy (non-hydrogen) atoms. The monoisotopic (exact) mass is 324 g/mol. The number of nitrogens with zero attached hydrogens (tertiary/aromatic N) is 6. The fourth-order valence-electron chi connectivity index (χ4n) is 3.47. The van der Waals surface area contributed by atoms with Crippen LogP contribution in [-0.4, -0.2) is 67.7 Å². The molecule has 2 aliphatic rings. The van der Waals surface area contributed by atoms with Crippen LogP contribution in [0.3, 0.4) is 0 Å². The molecule has 0 N–H and O–H groups in total. The van der Waals surface area contributed by atoms with Crippen molar-refractivity contribution in [1.29, 1.82) is 0 Å². The molecule has 2 saturated heterocycles. The Morgan fingerprint density at radius 3 is 1.50 bits per heavy atom. The summed E-state index contributed by atoms with van der Waals surface area (Å²) in [5.74, 6) is 0.408. The van der Waals surface area contributed by atoms with Crippen LogP contribution in [0.2, 0.25) is 0 Å². The van der Waals surface area contributed by atoms with E-state index >= 15 is 0 Å². The number of hydrogen-bond acceptors (Lipinski definition) is 6. The summed E-state index contributed by atoms with van der Waals surface area (Å²) in [6, 6.07) is 0. The molecular formula is C16H16N6O2. The first-order chi connectivity index (χ1) is 11.7. The Labute approximate surface area is 138 Å². The minimum absolute atomic E-state index is 0.0932. The van der Waals surface area contributed by atoms with Crippen molar-refractivity contribution in [2.75, 3.05) is 26.2 Å². The number of rotatable bonds is 2. The van der Waals surface area contributed by atoms with Gasteiger partial charge in [0.2, 0.25) is 0 Å². The molecule has 2 amide bonds. The van der Waals surface area contributed by atoms with E-state index in [4.69, 9.17) is 0 Å². The second kappa shape index (κ2) is 5.95. The first-order valence-corrected chi connectivity index (χ1v) is 7.83. The van der Waals surface area contributed by atoms with Gasteiger partial charge in [0, 0.05) is 62.8 Å². The van der Waals surface area contributed by atoms with Gasteiger partial charge < -0.3 is 9.80 Å². The van der Waals surface area contributed by atoms with Gasteiger partial charge in [0.1, 0.15) is 11.4 Å². The molecule has 0 aromatic carbocycles. The van der Waals surface area contributed by atoms with Crippen LogP contribution in [0.1, 0.15) is 21.0 Å². The van der Waals surface area contributed by atoms with Crippen LogP contribution in [0.25, 0.3) is 0 Å². The average molecular weight is 324 g/mol. The van der Waals surface area contributed by atoms with E-state index in [1.54, 1.807) is 12.4 Å². The molecule has 8 nitrogen and oxygen atoms in total.